The number of ether oxygens (including phenoxy) is 2. The van der Waals surface area contributed by atoms with Crippen LogP contribution in [0, 0.1) is 6.92 Å². The molecule has 2 heterocycles. The minimum Gasteiger partial charge on any atom is -0.493 e. The molecule has 3 aromatic rings. The molecule has 178 valence electrons. The predicted molar refractivity (Wildman–Crippen MR) is 132 cm³/mol. The highest BCUT2D eigenvalue weighted by Crippen LogP contribution is 2.47. The summed E-state index contributed by atoms with van der Waals surface area (Å²) >= 11 is 0. The second-order valence-electron chi connectivity index (χ2n) is 9.39. The van der Waals surface area contributed by atoms with Crippen LogP contribution in [-0.4, -0.2) is 40.8 Å². The quantitative estimate of drug-likeness (QED) is 0.416. The summed E-state index contributed by atoms with van der Waals surface area (Å²) in [6, 6.07) is 14.4. The molecule has 0 bridgehead atoms. The largest absolute Gasteiger partial charge is 0.493 e. The number of aromatic nitrogens is 2. The smallest absolute Gasteiger partial charge is 0.273 e. The lowest BCUT2D eigenvalue weighted by atomic mass is 9.94. The van der Waals surface area contributed by atoms with Crippen molar-refractivity contribution in [2.75, 3.05) is 13.7 Å². The summed E-state index contributed by atoms with van der Waals surface area (Å²) in [5.41, 5.74) is 5.64. The van der Waals surface area contributed by atoms with Gasteiger partial charge in [0.05, 0.1) is 25.5 Å². The maximum atomic E-state index is 13.7. The maximum absolute atomic E-state index is 13.7. The third kappa shape index (κ3) is 3.95. The molecule has 1 aromatic heterocycles. The monoisotopic (exact) mass is 459 g/mol. The van der Waals surface area contributed by atoms with E-state index in [0.717, 1.165) is 66.7 Å². The average Bonchev–Trinajstić information content (AvgIpc) is 3.58. The number of benzene rings is 2. The molecule has 0 radical (unpaired) electrons. The molecule has 6 nitrogen and oxygen atoms in total. The van der Waals surface area contributed by atoms with Crippen molar-refractivity contribution in [3.63, 3.8) is 0 Å². The Morgan fingerprint density at radius 1 is 1.09 bits per heavy atom. The van der Waals surface area contributed by atoms with Gasteiger partial charge in [0.2, 0.25) is 0 Å². The number of amides is 1. The normalized spacial score (nSPS) is 17.9. The number of methoxy groups -OCH3 is 1. The molecule has 1 aliphatic heterocycles. The molecular formula is C28H33N3O3. The van der Waals surface area contributed by atoms with Gasteiger partial charge in [-0.05, 0) is 43.9 Å². The van der Waals surface area contributed by atoms with Gasteiger partial charge < -0.3 is 14.4 Å². The zero-order valence-corrected chi connectivity index (χ0v) is 20.3. The van der Waals surface area contributed by atoms with Crippen LogP contribution in [0.25, 0.3) is 11.3 Å². The van der Waals surface area contributed by atoms with E-state index in [2.05, 4.69) is 59.3 Å². The van der Waals surface area contributed by atoms with Crippen LogP contribution < -0.4 is 9.47 Å². The first kappa shape index (κ1) is 22.5. The molecule has 0 saturated heterocycles. The number of fused-ring (bicyclic) bond motifs is 1. The number of carbonyl (C=O) groups is 1. The second-order valence-corrected chi connectivity index (χ2v) is 9.39. The van der Waals surface area contributed by atoms with Gasteiger partial charge in [-0.3, -0.25) is 9.89 Å². The van der Waals surface area contributed by atoms with Crippen molar-refractivity contribution in [1.29, 1.82) is 0 Å². The Kier molecular flexibility index (Phi) is 6.31. The molecule has 2 aromatic carbocycles. The molecule has 1 unspecified atom stereocenters. The first-order valence-electron chi connectivity index (χ1n) is 12.4. The van der Waals surface area contributed by atoms with E-state index in [1.165, 1.54) is 5.56 Å². The number of rotatable bonds is 8. The third-order valence-electron chi connectivity index (χ3n) is 7.11. The van der Waals surface area contributed by atoms with Crippen LogP contribution in [0.2, 0.25) is 0 Å². The fourth-order valence-corrected chi connectivity index (χ4v) is 5.28. The number of aromatic amines is 1. The lowest BCUT2D eigenvalue weighted by Crippen LogP contribution is -2.37. The molecular weight excluding hydrogens is 426 g/mol. The van der Waals surface area contributed by atoms with E-state index < -0.39 is 0 Å². The minimum atomic E-state index is -0.209. The standard InChI is InChI=1S/C28H33N3O3/c1-4-5-16-34-22-15-14-20(17-23(22)33-3)27-24-25(19-12-10-18(2)11-13-19)29-30-26(24)28(32)31(27)21-8-6-7-9-21/h10-15,17,21,27H,4-9,16H2,1-3H3,(H,29,30). The lowest BCUT2D eigenvalue weighted by molar-refractivity contribution is 0.0660. The van der Waals surface area contributed by atoms with Gasteiger partial charge in [0.1, 0.15) is 5.69 Å². The maximum Gasteiger partial charge on any atom is 0.273 e. The second kappa shape index (κ2) is 9.53. The van der Waals surface area contributed by atoms with E-state index in [1.54, 1.807) is 7.11 Å². The molecule has 0 spiro atoms. The van der Waals surface area contributed by atoms with E-state index in [-0.39, 0.29) is 18.0 Å². The Labute approximate surface area is 201 Å². The van der Waals surface area contributed by atoms with Crippen LogP contribution in [0.4, 0.5) is 0 Å². The highest BCUT2D eigenvalue weighted by Gasteiger charge is 2.45. The number of unbranched alkanes of at least 4 members (excludes halogenated alkanes) is 1. The molecule has 2 aliphatic rings. The van der Waals surface area contributed by atoms with Crippen LogP contribution in [0.3, 0.4) is 0 Å². The van der Waals surface area contributed by atoms with Crippen LogP contribution in [0.1, 0.15) is 78.7 Å². The van der Waals surface area contributed by atoms with E-state index in [4.69, 9.17) is 9.47 Å². The molecule has 1 atom stereocenters. The number of H-pyrrole nitrogens is 1. The van der Waals surface area contributed by atoms with Crippen LogP contribution in [0.5, 0.6) is 11.5 Å². The van der Waals surface area contributed by atoms with Gasteiger partial charge in [-0.2, -0.15) is 5.10 Å². The van der Waals surface area contributed by atoms with Gasteiger partial charge in [0.25, 0.3) is 5.91 Å². The van der Waals surface area contributed by atoms with Crippen molar-refractivity contribution in [2.45, 2.75) is 64.5 Å². The fraction of sp³-hybridized carbons (Fsp3) is 0.429. The van der Waals surface area contributed by atoms with Crippen molar-refractivity contribution >= 4 is 5.91 Å². The van der Waals surface area contributed by atoms with E-state index in [9.17, 15) is 4.79 Å². The number of nitrogens with one attached hydrogen (secondary N) is 1. The summed E-state index contributed by atoms with van der Waals surface area (Å²) in [5.74, 6) is 1.48. The lowest BCUT2D eigenvalue weighted by Gasteiger charge is -2.32. The van der Waals surface area contributed by atoms with Gasteiger partial charge in [-0.15, -0.1) is 0 Å². The molecule has 1 saturated carbocycles. The van der Waals surface area contributed by atoms with Gasteiger partial charge in [0, 0.05) is 17.2 Å². The van der Waals surface area contributed by atoms with Gasteiger partial charge in [-0.25, -0.2) is 0 Å². The number of carbonyl (C=O) groups excluding carboxylic acids is 1. The highest BCUT2D eigenvalue weighted by atomic mass is 16.5. The summed E-state index contributed by atoms with van der Waals surface area (Å²) in [5, 5.41) is 7.69. The van der Waals surface area contributed by atoms with Crippen molar-refractivity contribution in [3.05, 3.63) is 64.8 Å². The van der Waals surface area contributed by atoms with Crippen molar-refractivity contribution in [3.8, 4) is 22.8 Å². The van der Waals surface area contributed by atoms with Crippen molar-refractivity contribution in [2.24, 2.45) is 0 Å². The third-order valence-corrected chi connectivity index (χ3v) is 7.11. The van der Waals surface area contributed by atoms with Gasteiger partial charge >= 0.3 is 0 Å². The van der Waals surface area contributed by atoms with Gasteiger partial charge in [0.15, 0.2) is 11.5 Å². The fourth-order valence-electron chi connectivity index (χ4n) is 5.28. The molecule has 34 heavy (non-hydrogen) atoms. The number of hydrogen-bond acceptors (Lipinski definition) is 4. The summed E-state index contributed by atoms with van der Waals surface area (Å²) < 4.78 is 11.7. The molecule has 6 heteroatoms. The van der Waals surface area contributed by atoms with E-state index in [1.807, 2.05) is 12.1 Å². The van der Waals surface area contributed by atoms with Crippen LogP contribution in [0.15, 0.2) is 42.5 Å². The molecule has 5 rings (SSSR count). The van der Waals surface area contributed by atoms with Crippen LogP contribution >= 0.6 is 0 Å². The molecule has 1 N–H and O–H groups in total. The SMILES string of the molecule is CCCCOc1ccc(C2c3c(-c4ccc(C)cc4)n[nH]c3C(=O)N2C2CCCC2)cc1OC. The first-order valence-corrected chi connectivity index (χ1v) is 12.4. The van der Waals surface area contributed by atoms with E-state index >= 15 is 0 Å². The summed E-state index contributed by atoms with van der Waals surface area (Å²) in [4.78, 5) is 15.7. The Balaban J connectivity index is 1.60. The molecule has 1 fully saturated rings. The Morgan fingerprint density at radius 3 is 2.56 bits per heavy atom. The summed E-state index contributed by atoms with van der Waals surface area (Å²) in [6.07, 6.45) is 6.46. The van der Waals surface area contributed by atoms with E-state index in [0.29, 0.717) is 18.1 Å². The van der Waals surface area contributed by atoms with Crippen molar-refractivity contribution in [1.82, 2.24) is 15.1 Å². The zero-order valence-electron chi connectivity index (χ0n) is 20.3. The first-order chi connectivity index (χ1) is 16.6. The summed E-state index contributed by atoms with van der Waals surface area (Å²) in [6.45, 7) is 4.88. The molecule has 1 aliphatic carbocycles. The predicted octanol–water partition coefficient (Wildman–Crippen LogP) is 6.06. The topological polar surface area (TPSA) is 67.5 Å². The molecule has 1 amide bonds. The van der Waals surface area contributed by atoms with Gasteiger partial charge in [-0.1, -0.05) is 62.1 Å². The Hall–Kier alpha value is -3.28. The number of aryl methyl sites for hydroxylation is 1. The number of hydrogen-bond donors (Lipinski definition) is 1. The Morgan fingerprint density at radius 2 is 1.85 bits per heavy atom. The summed E-state index contributed by atoms with van der Waals surface area (Å²) in [7, 11) is 1.67. The van der Waals surface area contributed by atoms with Crippen LogP contribution in [-0.2, 0) is 0 Å². The highest BCUT2D eigenvalue weighted by molar-refractivity contribution is 6.00. The van der Waals surface area contributed by atoms with Crippen molar-refractivity contribution < 1.29 is 14.3 Å². The Bertz CT molecular complexity index is 1160. The zero-order chi connectivity index (χ0) is 23.7. The average molecular weight is 460 g/mol. The number of nitrogens with zero attached hydrogens (tertiary/aromatic N) is 2. The minimum absolute atomic E-state index is 0.0417.